The fourth-order valence-corrected chi connectivity index (χ4v) is 3.14. The fourth-order valence-electron chi connectivity index (χ4n) is 3.14. The van der Waals surface area contributed by atoms with Crippen LogP contribution >= 0.6 is 0 Å². The number of primary amides is 1. The highest BCUT2D eigenvalue weighted by atomic mass is 19.1. The zero-order valence-electron chi connectivity index (χ0n) is 19.9. The van der Waals surface area contributed by atoms with Crippen molar-refractivity contribution in [3.05, 3.63) is 60.5 Å². The Bertz CT molecular complexity index is 1160. The van der Waals surface area contributed by atoms with Gasteiger partial charge in [0.25, 0.3) is 0 Å². The van der Waals surface area contributed by atoms with Crippen molar-refractivity contribution in [2.24, 2.45) is 5.73 Å². The van der Waals surface area contributed by atoms with Gasteiger partial charge in [-0.15, -0.1) is 0 Å². The van der Waals surface area contributed by atoms with E-state index in [0.717, 1.165) is 6.20 Å². The number of rotatable bonds is 14. The molecule has 0 atom stereocenters. The average Bonchev–Trinajstić information content (AvgIpc) is 2.85. The number of aromatic nitrogens is 2. The number of amides is 2. The summed E-state index contributed by atoms with van der Waals surface area (Å²) < 4.78 is 24.9. The fraction of sp³-hybridized carbons (Fsp3) is 0.280. The van der Waals surface area contributed by atoms with E-state index >= 15 is 0 Å². The number of carbonyl (C=O) groups excluding carboxylic acids is 2. The number of nitrogens with two attached hydrogens (primary N) is 1. The zero-order chi connectivity index (χ0) is 25.8. The Morgan fingerprint density at radius 1 is 0.972 bits per heavy atom. The number of halogens is 1. The molecule has 0 aliphatic heterocycles. The molecule has 0 saturated carbocycles. The molecule has 2 aromatic carbocycles. The molecule has 5 N–H and O–H groups in total. The van der Waals surface area contributed by atoms with Crippen LogP contribution in [0.1, 0.15) is 25.7 Å². The highest BCUT2D eigenvalue weighted by Crippen LogP contribution is 2.23. The molecule has 0 bridgehead atoms. The van der Waals surface area contributed by atoms with E-state index in [9.17, 15) is 14.0 Å². The predicted octanol–water partition coefficient (Wildman–Crippen LogP) is 4.11. The third-order valence-corrected chi connectivity index (χ3v) is 4.90. The first-order valence-electron chi connectivity index (χ1n) is 11.4. The van der Waals surface area contributed by atoms with Gasteiger partial charge in [-0.1, -0.05) is 6.07 Å². The zero-order valence-corrected chi connectivity index (χ0v) is 19.9. The number of carbonyl (C=O) groups is 2. The van der Waals surface area contributed by atoms with Gasteiger partial charge in [0.05, 0.1) is 12.8 Å². The summed E-state index contributed by atoms with van der Waals surface area (Å²) in [5.41, 5.74) is 6.87. The molecule has 0 fully saturated rings. The van der Waals surface area contributed by atoms with Crippen LogP contribution in [-0.4, -0.2) is 42.1 Å². The van der Waals surface area contributed by atoms with Gasteiger partial charge in [0.1, 0.15) is 12.4 Å². The second-order valence-electron chi connectivity index (χ2n) is 7.81. The van der Waals surface area contributed by atoms with Crippen LogP contribution in [0.2, 0.25) is 0 Å². The smallest absolute Gasteiger partial charge is 0.229 e. The third-order valence-electron chi connectivity index (χ3n) is 4.90. The van der Waals surface area contributed by atoms with Crippen LogP contribution in [-0.2, 0) is 14.3 Å². The van der Waals surface area contributed by atoms with Crippen molar-refractivity contribution in [3.8, 4) is 5.75 Å². The number of nitrogens with one attached hydrogen (secondary N) is 3. The molecular formula is C25H29FN6O4. The molecule has 36 heavy (non-hydrogen) atoms. The van der Waals surface area contributed by atoms with Crippen molar-refractivity contribution in [1.82, 2.24) is 9.97 Å². The van der Waals surface area contributed by atoms with Crippen LogP contribution in [0, 0.1) is 5.82 Å². The maximum atomic E-state index is 14.4. The first kappa shape index (κ1) is 26.4. The number of benzene rings is 2. The number of methoxy groups -OCH3 is 1. The first-order chi connectivity index (χ1) is 17.4. The van der Waals surface area contributed by atoms with Gasteiger partial charge in [0.2, 0.25) is 17.8 Å². The summed E-state index contributed by atoms with van der Waals surface area (Å²) in [6.07, 6.45) is 2.69. The summed E-state index contributed by atoms with van der Waals surface area (Å²) in [5, 5.41) is 8.72. The van der Waals surface area contributed by atoms with Crippen LogP contribution in [0.25, 0.3) is 0 Å². The van der Waals surface area contributed by atoms with Crippen molar-refractivity contribution in [1.29, 1.82) is 0 Å². The standard InChI is InChI=1S/C25H29FN6O4/c1-35-13-14-36-20-11-9-17(10-12-20)31-25-28-16-21(26)24(32-25)30-19-6-4-5-18(15-19)29-23(34)8-3-2-7-22(27)33/h4-6,9-12,15-16H,2-3,7-8,13-14H2,1H3,(H2,27,33)(H,29,34)(H2,28,30,31,32). The van der Waals surface area contributed by atoms with Crippen molar-refractivity contribution < 1.29 is 23.5 Å². The summed E-state index contributed by atoms with van der Waals surface area (Å²) in [7, 11) is 1.61. The minimum Gasteiger partial charge on any atom is -0.491 e. The number of nitrogens with zero attached hydrogens (tertiary/aromatic N) is 2. The van der Waals surface area contributed by atoms with E-state index in [0.29, 0.717) is 48.9 Å². The molecule has 0 spiro atoms. The number of hydrogen-bond donors (Lipinski definition) is 4. The largest absolute Gasteiger partial charge is 0.491 e. The molecule has 10 nitrogen and oxygen atoms in total. The molecule has 1 aromatic heterocycles. The van der Waals surface area contributed by atoms with E-state index < -0.39 is 5.82 Å². The molecule has 11 heteroatoms. The Labute approximate surface area is 208 Å². The minimum absolute atomic E-state index is 0.0260. The van der Waals surface area contributed by atoms with E-state index in [4.69, 9.17) is 15.2 Å². The SMILES string of the molecule is COCCOc1ccc(Nc2ncc(F)c(Nc3cccc(NC(=O)CCCCC(N)=O)c3)n2)cc1. The highest BCUT2D eigenvalue weighted by Gasteiger charge is 2.10. The second-order valence-corrected chi connectivity index (χ2v) is 7.81. The van der Waals surface area contributed by atoms with Crippen LogP contribution in [0.4, 0.5) is 33.2 Å². The van der Waals surface area contributed by atoms with Crippen molar-refractivity contribution in [2.45, 2.75) is 25.7 Å². The molecule has 0 saturated heterocycles. The van der Waals surface area contributed by atoms with E-state index in [1.54, 1.807) is 55.6 Å². The van der Waals surface area contributed by atoms with E-state index in [-0.39, 0.29) is 36.4 Å². The maximum absolute atomic E-state index is 14.4. The van der Waals surface area contributed by atoms with Crippen molar-refractivity contribution in [3.63, 3.8) is 0 Å². The molecule has 3 aromatic rings. The summed E-state index contributed by atoms with van der Waals surface area (Å²) in [6.45, 7) is 0.939. The van der Waals surface area contributed by atoms with Gasteiger partial charge in [0, 0.05) is 37.0 Å². The molecule has 2 amide bonds. The van der Waals surface area contributed by atoms with E-state index in [2.05, 4.69) is 25.9 Å². The lowest BCUT2D eigenvalue weighted by Gasteiger charge is -2.11. The van der Waals surface area contributed by atoms with Crippen LogP contribution in [0.5, 0.6) is 5.75 Å². The molecule has 0 aliphatic carbocycles. The Balaban J connectivity index is 1.58. The lowest BCUT2D eigenvalue weighted by Crippen LogP contribution is -2.13. The summed E-state index contributed by atoms with van der Waals surface area (Å²) in [6, 6.07) is 14.0. The minimum atomic E-state index is -0.633. The second kappa shape index (κ2) is 13.6. The molecule has 1 heterocycles. The van der Waals surface area contributed by atoms with Gasteiger partial charge in [-0.3, -0.25) is 9.59 Å². The maximum Gasteiger partial charge on any atom is 0.229 e. The first-order valence-corrected chi connectivity index (χ1v) is 11.4. The number of ether oxygens (including phenoxy) is 2. The van der Waals surface area contributed by atoms with Crippen LogP contribution in [0.15, 0.2) is 54.7 Å². The van der Waals surface area contributed by atoms with Crippen LogP contribution < -0.4 is 26.4 Å². The van der Waals surface area contributed by atoms with E-state index in [1.807, 2.05) is 0 Å². The van der Waals surface area contributed by atoms with Crippen molar-refractivity contribution in [2.75, 3.05) is 36.3 Å². The molecule has 0 aliphatic rings. The molecule has 3 rings (SSSR count). The monoisotopic (exact) mass is 496 g/mol. The van der Waals surface area contributed by atoms with Gasteiger partial charge in [-0.25, -0.2) is 9.37 Å². The molecule has 0 radical (unpaired) electrons. The van der Waals surface area contributed by atoms with Gasteiger partial charge in [-0.2, -0.15) is 4.98 Å². The topological polar surface area (TPSA) is 140 Å². The Kier molecular flexibility index (Phi) is 9.95. The normalized spacial score (nSPS) is 10.5. The van der Waals surface area contributed by atoms with Crippen LogP contribution in [0.3, 0.4) is 0 Å². The quantitative estimate of drug-likeness (QED) is 0.244. The van der Waals surface area contributed by atoms with Crippen molar-refractivity contribution >= 4 is 40.6 Å². The predicted molar refractivity (Wildman–Crippen MR) is 135 cm³/mol. The number of unbranched alkanes of at least 4 members (excludes halogenated alkanes) is 1. The number of hydrogen-bond acceptors (Lipinski definition) is 8. The Hall–Kier alpha value is -4.25. The Morgan fingerprint density at radius 3 is 2.47 bits per heavy atom. The summed E-state index contributed by atoms with van der Waals surface area (Å²) in [4.78, 5) is 31.1. The average molecular weight is 497 g/mol. The third kappa shape index (κ3) is 8.84. The lowest BCUT2D eigenvalue weighted by atomic mass is 10.2. The van der Waals surface area contributed by atoms with E-state index in [1.165, 1.54) is 0 Å². The molecule has 190 valence electrons. The lowest BCUT2D eigenvalue weighted by molar-refractivity contribution is -0.119. The molecule has 0 unspecified atom stereocenters. The van der Waals surface area contributed by atoms with Gasteiger partial charge in [-0.05, 0) is 55.3 Å². The highest BCUT2D eigenvalue weighted by molar-refractivity contribution is 5.91. The van der Waals surface area contributed by atoms with Gasteiger partial charge in [0.15, 0.2) is 11.6 Å². The number of anilines is 5. The van der Waals surface area contributed by atoms with Gasteiger partial charge >= 0.3 is 0 Å². The summed E-state index contributed by atoms with van der Waals surface area (Å²) >= 11 is 0. The summed E-state index contributed by atoms with van der Waals surface area (Å²) in [5.74, 6) is -0.338. The Morgan fingerprint density at radius 2 is 1.72 bits per heavy atom. The van der Waals surface area contributed by atoms with Gasteiger partial charge < -0.3 is 31.2 Å². The molecular weight excluding hydrogens is 467 g/mol.